The number of carbonyl (C=O) groups is 2. The van der Waals surface area contributed by atoms with Crippen LogP contribution >= 0.6 is 0 Å². The molecule has 0 amide bonds. The van der Waals surface area contributed by atoms with E-state index in [4.69, 9.17) is 9.47 Å². The molecule has 224 valence electrons. The second-order valence-electron chi connectivity index (χ2n) is 11.3. The van der Waals surface area contributed by atoms with Crippen LogP contribution in [0.5, 0.6) is 0 Å². The van der Waals surface area contributed by atoms with E-state index in [0.717, 1.165) is 42.6 Å². The first kappa shape index (κ1) is 33.6. The van der Waals surface area contributed by atoms with Crippen LogP contribution in [-0.2, 0) is 19.1 Å². The van der Waals surface area contributed by atoms with Crippen molar-refractivity contribution in [1.82, 2.24) is 5.32 Å². The minimum absolute atomic E-state index is 0.359. The fourth-order valence-corrected chi connectivity index (χ4v) is 5.47. The van der Waals surface area contributed by atoms with Crippen LogP contribution in [0.25, 0.3) is 0 Å². The first-order valence-corrected chi connectivity index (χ1v) is 16.1. The minimum Gasteiger partial charge on any atom is -0.462 e. The molecule has 1 aromatic carbocycles. The van der Waals surface area contributed by atoms with Crippen LogP contribution < -0.4 is 5.32 Å². The van der Waals surface area contributed by atoms with Crippen molar-refractivity contribution in [3.63, 3.8) is 0 Å². The van der Waals surface area contributed by atoms with E-state index in [1.54, 1.807) is 0 Å². The molecule has 2 rings (SSSR count). The van der Waals surface area contributed by atoms with Crippen LogP contribution in [0.4, 0.5) is 0 Å². The Kier molecular flexibility index (Phi) is 17.1. The van der Waals surface area contributed by atoms with Crippen LogP contribution in [0.2, 0.25) is 0 Å². The summed E-state index contributed by atoms with van der Waals surface area (Å²) in [5, 5.41) is 3.27. The molecule has 0 fully saturated rings. The summed E-state index contributed by atoms with van der Waals surface area (Å²) in [5.74, 6) is -1.23. The Bertz CT molecular complexity index is 878. The van der Waals surface area contributed by atoms with Crippen molar-refractivity contribution in [2.45, 2.75) is 136 Å². The van der Waals surface area contributed by atoms with Gasteiger partial charge in [-0.1, -0.05) is 134 Å². The highest BCUT2D eigenvalue weighted by Gasteiger charge is 2.37. The van der Waals surface area contributed by atoms with Gasteiger partial charge in [0.1, 0.15) is 0 Å². The molecule has 1 heterocycles. The highest BCUT2D eigenvalue weighted by molar-refractivity contribution is 5.99. The predicted octanol–water partition coefficient (Wildman–Crippen LogP) is 9.29. The highest BCUT2D eigenvalue weighted by atomic mass is 16.5. The number of esters is 2. The lowest BCUT2D eigenvalue weighted by atomic mass is 9.80. The maximum atomic E-state index is 13.4. The third kappa shape index (κ3) is 11.9. The number of ether oxygens (including phenoxy) is 2. The molecule has 1 aliphatic heterocycles. The Morgan fingerprint density at radius 3 is 1.38 bits per heavy atom. The zero-order valence-electron chi connectivity index (χ0n) is 25.8. The topological polar surface area (TPSA) is 64.6 Å². The normalized spacial score (nSPS) is 13.9. The fraction of sp³-hybridized carbons (Fsp3) is 0.657. The largest absolute Gasteiger partial charge is 0.462 e. The summed E-state index contributed by atoms with van der Waals surface area (Å²) in [5.41, 5.74) is 3.34. The molecule has 0 aliphatic carbocycles. The molecular formula is C35H55NO4. The zero-order valence-corrected chi connectivity index (χ0v) is 25.8. The smallest absolute Gasteiger partial charge is 0.336 e. The Morgan fingerprint density at radius 1 is 0.600 bits per heavy atom. The van der Waals surface area contributed by atoms with E-state index in [0.29, 0.717) is 24.4 Å². The van der Waals surface area contributed by atoms with Crippen LogP contribution in [0.15, 0.2) is 52.9 Å². The highest BCUT2D eigenvalue weighted by Crippen LogP contribution is 2.39. The molecular weight excluding hydrogens is 498 g/mol. The number of hydrogen-bond donors (Lipinski definition) is 1. The van der Waals surface area contributed by atoms with E-state index in [-0.39, 0.29) is 11.9 Å². The Balaban J connectivity index is 1.96. The number of rotatable bonds is 21. The number of nitrogens with one attached hydrogen (secondary N) is 1. The van der Waals surface area contributed by atoms with E-state index in [2.05, 4.69) is 19.2 Å². The third-order valence-electron chi connectivity index (χ3n) is 7.80. The zero-order chi connectivity index (χ0) is 29.0. The molecule has 5 heteroatoms. The minimum atomic E-state index is -0.514. The van der Waals surface area contributed by atoms with Crippen molar-refractivity contribution >= 4 is 11.9 Å². The fourth-order valence-electron chi connectivity index (χ4n) is 5.47. The molecule has 0 bridgehead atoms. The van der Waals surface area contributed by atoms with Crippen molar-refractivity contribution < 1.29 is 19.1 Å². The first-order valence-electron chi connectivity index (χ1n) is 16.1. The van der Waals surface area contributed by atoms with Crippen LogP contribution in [0.1, 0.15) is 142 Å². The maximum absolute atomic E-state index is 13.4. The molecule has 5 nitrogen and oxygen atoms in total. The number of benzene rings is 1. The molecule has 40 heavy (non-hydrogen) atoms. The molecule has 0 radical (unpaired) electrons. The van der Waals surface area contributed by atoms with Gasteiger partial charge in [0.2, 0.25) is 0 Å². The monoisotopic (exact) mass is 553 g/mol. The van der Waals surface area contributed by atoms with Gasteiger partial charge in [-0.2, -0.15) is 0 Å². The summed E-state index contributed by atoms with van der Waals surface area (Å²) in [4.78, 5) is 26.8. The molecule has 0 saturated carbocycles. The third-order valence-corrected chi connectivity index (χ3v) is 7.80. The summed E-state index contributed by atoms with van der Waals surface area (Å²) in [6, 6.07) is 9.75. The van der Waals surface area contributed by atoms with Gasteiger partial charge in [-0.3, -0.25) is 0 Å². The van der Waals surface area contributed by atoms with Crippen molar-refractivity contribution in [2.75, 3.05) is 13.2 Å². The van der Waals surface area contributed by atoms with Crippen LogP contribution in [0.3, 0.4) is 0 Å². The average Bonchev–Trinajstić information content (AvgIpc) is 2.95. The molecule has 0 spiro atoms. The van der Waals surface area contributed by atoms with Crippen molar-refractivity contribution in [1.29, 1.82) is 0 Å². The molecule has 1 aromatic rings. The van der Waals surface area contributed by atoms with Gasteiger partial charge < -0.3 is 14.8 Å². The number of carbonyl (C=O) groups excluding carboxylic acids is 2. The number of hydrogen-bond acceptors (Lipinski definition) is 5. The first-order chi connectivity index (χ1) is 19.5. The van der Waals surface area contributed by atoms with E-state index in [1.807, 2.05) is 44.2 Å². The summed E-state index contributed by atoms with van der Waals surface area (Å²) < 4.78 is 11.5. The van der Waals surface area contributed by atoms with E-state index in [1.165, 1.54) is 77.0 Å². The Hall–Kier alpha value is -2.56. The molecule has 0 saturated heterocycles. The standard InChI is InChI=1S/C35H55NO4/c1-5-7-9-11-13-15-17-22-26-39-34(37)31-28(3)36-29(4)32(33(31)30-24-20-19-21-25-30)35(38)40-27-23-18-16-14-12-10-8-6-2/h19-21,24-25,33,36H,5-18,22-23,26-27H2,1-4H3. The molecule has 0 atom stereocenters. The van der Waals surface area contributed by atoms with Crippen molar-refractivity contribution in [3.05, 3.63) is 58.4 Å². The van der Waals surface area contributed by atoms with Gasteiger partial charge >= 0.3 is 11.9 Å². The Labute approximate surface area is 244 Å². The number of unbranched alkanes of at least 4 members (excludes halogenated alkanes) is 14. The lowest BCUT2D eigenvalue weighted by Crippen LogP contribution is -2.32. The van der Waals surface area contributed by atoms with Gasteiger partial charge in [0.05, 0.1) is 30.3 Å². The molecule has 1 aliphatic rings. The van der Waals surface area contributed by atoms with Gasteiger partial charge in [0, 0.05) is 11.4 Å². The van der Waals surface area contributed by atoms with E-state index < -0.39 is 5.92 Å². The van der Waals surface area contributed by atoms with E-state index >= 15 is 0 Å². The van der Waals surface area contributed by atoms with Crippen molar-refractivity contribution in [2.24, 2.45) is 0 Å². The van der Waals surface area contributed by atoms with Gasteiger partial charge in [0.15, 0.2) is 0 Å². The SMILES string of the molecule is CCCCCCCCCCOC(=O)C1=C(C)NC(C)=C(C(=O)OCCCCCCCCCC)C1c1ccccc1. The molecule has 0 aromatic heterocycles. The van der Waals surface area contributed by atoms with E-state index in [9.17, 15) is 9.59 Å². The Morgan fingerprint density at radius 2 is 0.975 bits per heavy atom. The molecule has 1 N–H and O–H groups in total. The number of dihydropyridines is 1. The number of allylic oxidation sites excluding steroid dienone is 2. The van der Waals surface area contributed by atoms with Gasteiger partial charge in [-0.25, -0.2) is 9.59 Å². The van der Waals surface area contributed by atoms with Gasteiger partial charge in [-0.05, 0) is 32.3 Å². The van der Waals surface area contributed by atoms with Gasteiger partial charge in [0.25, 0.3) is 0 Å². The second-order valence-corrected chi connectivity index (χ2v) is 11.3. The van der Waals surface area contributed by atoms with Crippen molar-refractivity contribution in [3.8, 4) is 0 Å². The summed E-state index contributed by atoms with van der Waals surface area (Å²) in [6.07, 6.45) is 19.0. The van der Waals surface area contributed by atoms with Crippen LogP contribution in [-0.4, -0.2) is 25.2 Å². The second kappa shape index (κ2) is 20.3. The lowest BCUT2D eigenvalue weighted by Gasteiger charge is -2.30. The summed E-state index contributed by atoms with van der Waals surface area (Å²) in [7, 11) is 0. The molecule has 0 unspecified atom stereocenters. The lowest BCUT2D eigenvalue weighted by molar-refractivity contribution is -0.140. The maximum Gasteiger partial charge on any atom is 0.336 e. The van der Waals surface area contributed by atoms with Crippen LogP contribution in [0, 0.1) is 0 Å². The summed E-state index contributed by atoms with van der Waals surface area (Å²) >= 11 is 0. The van der Waals surface area contributed by atoms with Gasteiger partial charge in [-0.15, -0.1) is 0 Å². The summed E-state index contributed by atoms with van der Waals surface area (Å²) in [6.45, 7) is 9.03. The predicted molar refractivity (Wildman–Crippen MR) is 165 cm³/mol. The average molecular weight is 554 g/mol. The quantitative estimate of drug-likeness (QED) is 0.121.